The van der Waals surface area contributed by atoms with Gasteiger partial charge >= 0.3 is 6.09 Å². The number of fused-ring (bicyclic) bond motifs is 1. The highest BCUT2D eigenvalue weighted by Crippen LogP contribution is 2.36. The first-order valence-electron chi connectivity index (χ1n) is 11.6. The van der Waals surface area contributed by atoms with Gasteiger partial charge in [-0.3, -0.25) is 9.78 Å². The van der Waals surface area contributed by atoms with Gasteiger partial charge in [0.05, 0.1) is 21.8 Å². The fraction of sp³-hybridized carbons (Fsp3) is 0.346. The van der Waals surface area contributed by atoms with Crippen molar-refractivity contribution >= 4 is 40.1 Å². The predicted octanol–water partition coefficient (Wildman–Crippen LogP) is 6.23. The van der Waals surface area contributed by atoms with E-state index in [1.807, 2.05) is 19.9 Å². The van der Waals surface area contributed by atoms with Crippen LogP contribution < -0.4 is 10.6 Å². The zero-order valence-electron chi connectivity index (χ0n) is 19.4. The number of nitrogens with zero attached hydrogens (tertiary/aromatic N) is 1. The third-order valence-corrected chi connectivity index (χ3v) is 6.70. The first kappa shape index (κ1) is 24.7. The number of Topliss-reactive ketones (excluding diaryl/α,β-unsaturated/α-hetero) is 1. The zero-order valence-corrected chi connectivity index (χ0v) is 20.2. The molecule has 1 heterocycles. The van der Waals surface area contributed by atoms with Gasteiger partial charge in [0.1, 0.15) is 0 Å². The fourth-order valence-electron chi connectivity index (χ4n) is 4.52. The Hall–Kier alpha value is -3.39. The lowest BCUT2D eigenvalue weighted by Gasteiger charge is -2.30. The van der Waals surface area contributed by atoms with Crippen molar-refractivity contribution in [3.8, 4) is 16.9 Å². The first-order chi connectivity index (χ1) is 16.6. The molecule has 9 heteroatoms. The zero-order chi connectivity index (χ0) is 25.3. The molecule has 0 unspecified atom stereocenters. The lowest BCUT2D eigenvalue weighted by atomic mass is 9.90. The number of pyridine rings is 1. The number of ketones is 1. The summed E-state index contributed by atoms with van der Waals surface area (Å²) in [6.07, 6.45) is 3.42. The van der Waals surface area contributed by atoms with E-state index in [9.17, 15) is 19.1 Å². The second-order valence-electron chi connectivity index (χ2n) is 9.23. The minimum atomic E-state index is -1.02. The Morgan fingerprint density at radius 2 is 1.77 bits per heavy atom. The molecule has 0 spiro atoms. The molecule has 0 atom stereocenters. The highest BCUT2D eigenvalue weighted by molar-refractivity contribution is 6.32. The molecule has 0 aliphatic heterocycles. The average molecular weight is 500 g/mol. The summed E-state index contributed by atoms with van der Waals surface area (Å²) in [5, 5.41) is 25.4. The van der Waals surface area contributed by atoms with Gasteiger partial charge in [-0.05, 0) is 61.1 Å². The summed E-state index contributed by atoms with van der Waals surface area (Å²) in [4.78, 5) is 28.5. The minimum absolute atomic E-state index is 0.0488. The van der Waals surface area contributed by atoms with Crippen LogP contribution in [0.2, 0.25) is 5.02 Å². The van der Waals surface area contributed by atoms with Crippen LogP contribution in [0.5, 0.6) is 5.75 Å². The summed E-state index contributed by atoms with van der Waals surface area (Å²) in [6.45, 7) is 3.66. The molecule has 1 amide bonds. The summed E-state index contributed by atoms with van der Waals surface area (Å²) in [5.41, 5.74) is 2.95. The highest BCUT2D eigenvalue weighted by atomic mass is 35.5. The van der Waals surface area contributed by atoms with E-state index in [1.165, 1.54) is 12.1 Å². The maximum absolute atomic E-state index is 14.2. The number of nitrogens with one attached hydrogen (secondary N) is 2. The van der Waals surface area contributed by atoms with Crippen LogP contribution in [0.25, 0.3) is 22.0 Å². The van der Waals surface area contributed by atoms with Crippen molar-refractivity contribution in [2.75, 3.05) is 5.32 Å². The smallest absolute Gasteiger partial charge is 0.404 e. The monoisotopic (exact) mass is 499 g/mol. The van der Waals surface area contributed by atoms with Crippen LogP contribution >= 0.6 is 11.6 Å². The minimum Gasteiger partial charge on any atom is -0.504 e. The molecule has 7 nitrogen and oxygen atoms in total. The second-order valence-corrected chi connectivity index (χ2v) is 9.64. The molecule has 184 valence electrons. The lowest BCUT2D eigenvalue weighted by molar-refractivity contribution is 0.0939. The van der Waals surface area contributed by atoms with Crippen molar-refractivity contribution in [3.63, 3.8) is 0 Å². The number of benzene rings is 2. The summed E-state index contributed by atoms with van der Waals surface area (Å²) in [7, 11) is 0. The van der Waals surface area contributed by atoms with E-state index in [0.29, 0.717) is 46.1 Å². The third kappa shape index (κ3) is 5.32. The van der Waals surface area contributed by atoms with Crippen LogP contribution in [-0.4, -0.2) is 39.2 Å². The van der Waals surface area contributed by atoms with Crippen LogP contribution in [0, 0.1) is 11.7 Å². The molecule has 35 heavy (non-hydrogen) atoms. The van der Waals surface area contributed by atoms with Gasteiger partial charge in [-0.2, -0.15) is 0 Å². The second kappa shape index (κ2) is 10.1. The molecular formula is C26H27ClFN3O4. The van der Waals surface area contributed by atoms with E-state index in [-0.39, 0.29) is 28.8 Å². The normalized spacial score (nSPS) is 18.0. The number of hydrogen-bond acceptors (Lipinski definition) is 5. The molecule has 2 aromatic carbocycles. The van der Waals surface area contributed by atoms with E-state index in [0.717, 1.165) is 12.8 Å². The number of aromatic hydroxyl groups is 1. The van der Waals surface area contributed by atoms with Crippen LogP contribution in [0.15, 0.2) is 36.5 Å². The number of halogens is 2. The lowest BCUT2D eigenvalue weighted by Crippen LogP contribution is -2.39. The van der Waals surface area contributed by atoms with E-state index in [1.54, 1.807) is 18.3 Å². The number of carbonyl (C=O) groups is 2. The average Bonchev–Trinajstić information content (AvgIpc) is 2.82. The summed E-state index contributed by atoms with van der Waals surface area (Å²) in [6, 6.07) is 8.08. The van der Waals surface area contributed by atoms with E-state index in [4.69, 9.17) is 16.7 Å². The van der Waals surface area contributed by atoms with Crippen LogP contribution in [0.3, 0.4) is 0 Å². The SMILES string of the molecule is CC(C)C(=O)c1cnc2ccc(-c3cc(F)c(O)c(Cl)c3)cc2c1N[C@H]1CC[C@H](NC(=O)O)CC1. The maximum atomic E-state index is 14.2. The number of amides is 1. The molecule has 3 aromatic rings. The first-order valence-corrected chi connectivity index (χ1v) is 11.9. The van der Waals surface area contributed by atoms with Gasteiger partial charge in [0.25, 0.3) is 0 Å². The van der Waals surface area contributed by atoms with Crippen LogP contribution in [0.4, 0.5) is 14.9 Å². The van der Waals surface area contributed by atoms with Gasteiger partial charge in [0, 0.05) is 29.6 Å². The molecule has 1 fully saturated rings. The molecular weight excluding hydrogens is 473 g/mol. The van der Waals surface area contributed by atoms with Crippen molar-refractivity contribution in [2.45, 2.75) is 51.6 Å². The number of carboxylic acid groups (broad SMARTS) is 1. The standard InChI is InChI=1S/C26H27ClFN3O4/c1-13(2)24(32)19-12-29-22-8-3-14(15-10-20(27)25(33)21(28)11-15)9-18(22)23(19)30-16-4-6-17(7-5-16)31-26(34)35/h3,8-13,16-17,31,33H,4-7H2,1-2H3,(H,29,30)(H,34,35)/t16-,17-. The Morgan fingerprint density at radius 1 is 1.09 bits per heavy atom. The van der Waals surface area contributed by atoms with Crippen molar-refractivity contribution in [1.82, 2.24) is 10.3 Å². The van der Waals surface area contributed by atoms with Gasteiger partial charge in [-0.1, -0.05) is 31.5 Å². The highest BCUT2D eigenvalue weighted by Gasteiger charge is 2.25. The number of rotatable bonds is 6. The van der Waals surface area contributed by atoms with E-state index >= 15 is 0 Å². The van der Waals surface area contributed by atoms with Crippen LogP contribution in [-0.2, 0) is 0 Å². The molecule has 1 aliphatic rings. The van der Waals surface area contributed by atoms with E-state index in [2.05, 4.69) is 15.6 Å². The van der Waals surface area contributed by atoms with Crippen molar-refractivity contribution in [2.24, 2.45) is 5.92 Å². The van der Waals surface area contributed by atoms with Gasteiger partial charge in [-0.15, -0.1) is 0 Å². The largest absolute Gasteiger partial charge is 0.504 e. The topological polar surface area (TPSA) is 112 Å². The van der Waals surface area contributed by atoms with Gasteiger partial charge < -0.3 is 20.8 Å². The Bertz CT molecular complexity index is 1270. The summed E-state index contributed by atoms with van der Waals surface area (Å²) >= 11 is 5.99. The van der Waals surface area contributed by atoms with Crippen LogP contribution in [0.1, 0.15) is 49.9 Å². The molecule has 4 rings (SSSR count). The Balaban J connectivity index is 1.75. The van der Waals surface area contributed by atoms with Crippen molar-refractivity contribution in [3.05, 3.63) is 52.9 Å². The molecule has 4 N–H and O–H groups in total. The number of aromatic nitrogens is 1. The van der Waals surface area contributed by atoms with Gasteiger partial charge in [0.15, 0.2) is 17.3 Å². The Kier molecular flexibility index (Phi) is 7.12. The number of carbonyl (C=O) groups excluding carboxylic acids is 1. The number of anilines is 1. The molecule has 1 saturated carbocycles. The van der Waals surface area contributed by atoms with Gasteiger partial charge in [-0.25, -0.2) is 9.18 Å². The number of phenols is 1. The Morgan fingerprint density at radius 3 is 2.40 bits per heavy atom. The maximum Gasteiger partial charge on any atom is 0.404 e. The summed E-state index contributed by atoms with van der Waals surface area (Å²) < 4.78 is 14.2. The number of phenolic OH excluding ortho intramolecular Hbond substituents is 1. The predicted molar refractivity (Wildman–Crippen MR) is 134 cm³/mol. The van der Waals surface area contributed by atoms with Gasteiger partial charge in [0.2, 0.25) is 0 Å². The van der Waals surface area contributed by atoms with Crippen molar-refractivity contribution < 1.29 is 24.2 Å². The Labute approximate surface area is 207 Å². The van der Waals surface area contributed by atoms with E-state index < -0.39 is 17.7 Å². The fourth-order valence-corrected chi connectivity index (χ4v) is 4.73. The summed E-state index contributed by atoms with van der Waals surface area (Å²) in [5.74, 6) is -1.71. The molecule has 0 radical (unpaired) electrons. The molecule has 0 saturated heterocycles. The number of hydrogen-bond donors (Lipinski definition) is 4. The molecule has 1 aromatic heterocycles. The van der Waals surface area contributed by atoms with Crippen molar-refractivity contribution in [1.29, 1.82) is 0 Å². The third-order valence-electron chi connectivity index (χ3n) is 6.41. The molecule has 0 bridgehead atoms. The molecule has 1 aliphatic carbocycles. The quantitative estimate of drug-likeness (QED) is 0.299.